The number of cyclic esters (lactones) is 1. The molecule has 0 radical (unpaired) electrons. The summed E-state index contributed by atoms with van der Waals surface area (Å²) >= 11 is 0. The van der Waals surface area contributed by atoms with Gasteiger partial charge in [-0.05, 0) is 6.07 Å². The van der Waals surface area contributed by atoms with Crippen LogP contribution in [0, 0.1) is 29.1 Å². The minimum Gasteiger partial charge on any atom is -0.456 e. The molecule has 0 fully saturated rings. The van der Waals surface area contributed by atoms with E-state index in [-0.39, 0.29) is 28.8 Å². The molecule has 0 aliphatic carbocycles. The van der Waals surface area contributed by atoms with Gasteiger partial charge in [0.15, 0.2) is 23.3 Å². The Hall–Kier alpha value is -4.02. The van der Waals surface area contributed by atoms with E-state index in [4.69, 9.17) is 0 Å². The van der Waals surface area contributed by atoms with E-state index in [0.717, 1.165) is 16.8 Å². The monoisotopic (exact) mass is 450 g/mol. The molecule has 6 nitrogen and oxygen atoms in total. The number of aromatic nitrogens is 1. The zero-order valence-corrected chi connectivity index (χ0v) is 15.8. The number of para-hydroxylation sites is 1. The molecule has 0 saturated heterocycles. The molecule has 11 heteroatoms. The summed E-state index contributed by atoms with van der Waals surface area (Å²) in [7, 11) is 0. The summed E-state index contributed by atoms with van der Waals surface area (Å²) < 4.78 is 74.4. The zero-order valence-electron chi connectivity index (χ0n) is 15.8. The first-order chi connectivity index (χ1) is 15.2. The van der Waals surface area contributed by atoms with E-state index in [1.54, 1.807) is 0 Å². The Balaban J connectivity index is 1.73. The molecule has 0 spiro atoms. The van der Waals surface area contributed by atoms with Crippen molar-refractivity contribution in [2.75, 3.05) is 6.61 Å². The average Bonchev–Trinajstić information content (AvgIpc) is 3.36. The summed E-state index contributed by atoms with van der Waals surface area (Å²) in [6, 6.07) is 5.96. The van der Waals surface area contributed by atoms with Gasteiger partial charge in [-0.1, -0.05) is 18.2 Å². The minimum absolute atomic E-state index is 0.0680. The second kappa shape index (κ2) is 7.91. The third-order valence-corrected chi connectivity index (χ3v) is 4.80. The molecular formula is C21H11F5N2O4. The van der Waals surface area contributed by atoms with Crippen molar-refractivity contribution in [3.8, 4) is 0 Å². The SMILES string of the molecule is O=C1C=C(NC(=O)C(=O)c2cn(Cc3c(F)c(F)c(F)c(F)c3F)c3ccccc23)CO1. The molecule has 2 heterocycles. The van der Waals surface area contributed by atoms with Crippen molar-refractivity contribution in [2.24, 2.45) is 0 Å². The summed E-state index contributed by atoms with van der Waals surface area (Å²) in [5.41, 5.74) is -0.991. The summed E-state index contributed by atoms with van der Waals surface area (Å²) in [5, 5.41) is 2.44. The molecule has 0 atom stereocenters. The van der Waals surface area contributed by atoms with Crippen LogP contribution < -0.4 is 5.32 Å². The van der Waals surface area contributed by atoms with E-state index in [9.17, 15) is 36.3 Å². The van der Waals surface area contributed by atoms with Gasteiger partial charge in [-0.15, -0.1) is 0 Å². The van der Waals surface area contributed by atoms with Gasteiger partial charge in [0.1, 0.15) is 6.61 Å². The number of rotatable bonds is 5. The molecule has 1 aromatic heterocycles. The molecule has 0 unspecified atom stereocenters. The number of nitrogens with one attached hydrogen (secondary N) is 1. The molecule has 32 heavy (non-hydrogen) atoms. The van der Waals surface area contributed by atoms with Crippen LogP contribution in [0.1, 0.15) is 15.9 Å². The number of benzene rings is 2. The van der Waals surface area contributed by atoms with Crippen molar-refractivity contribution in [3.05, 3.63) is 82.4 Å². The number of hydrogen-bond acceptors (Lipinski definition) is 4. The first-order valence-corrected chi connectivity index (χ1v) is 9.00. The van der Waals surface area contributed by atoms with Gasteiger partial charge in [0, 0.05) is 28.7 Å². The summed E-state index contributed by atoms with van der Waals surface area (Å²) in [6.07, 6.45) is 2.08. The Bertz CT molecular complexity index is 1320. The second-order valence-electron chi connectivity index (χ2n) is 6.80. The lowest BCUT2D eigenvalue weighted by Crippen LogP contribution is -2.31. The smallest absolute Gasteiger partial charge is 0.333 e. The van der Waals surface area contributed by atoms with Gasteiger partial charge < -0.3 is 14.6 Å². The van der Waals surface area contributed by atoms with Crippen LogP contribution in [0.5, 0.6) is 0 Å². The number of halogens is 5. The Labute approximate surface area is 175 Å². The molecule has 1 N–H and O–H groups in total. The highest BCUT2D eigenvalue weighted by Crippen LogP contribution is 2.27. The highest BCUT2D eigenvalue weighted by atomic mass is 19.2. The highest BCUT2D eigenvalue weighted by molar-refractivity contribution is 6.45. The first kappa shape index (κ1) is 21.2. The predicted octanol–water partition coefficient (Wildman–Crippen LogP) is 3.12. The quantitative estimate of drug-likeness (QED) is 0.162. The fraction of sp³-hybridized carbons (Fsp3) is 0.0952. The minimum atomic E-state index is -2.28. The number of amides is 1. The van der Waals surface area contributed by atoms with Gasteiger partial charge in [0.05, 0.1) is 17.8 Å². The largest absolute Gasteiger partial charge is 0.456 e. The molecule has 3 aromatic rings. The van der Waals surface area contributed by atoms with Gasteiger partial charge in [0.2, 0.25) is 5.82 Å². The maximum Gasteiger partial charge on any atom is 0.333 e. The van der Waals surface area contributed by atoms with Crippen LogP contribution in [0.3, 0.4) is 0 Å². The van der Waals surface area contributed by atoms with Gasteiger partial charge in [0.25, 0.3) is 11.7 Å². The van der Waals surface area contributed by atoms with Crippen LogP contribution in [-0.2, 0) is 20.9 Å². The molecular weight excluding hydrogens is 439 g/mol. The molecule has 4 rings (SSSR count). The van der Waals surface area contributed by atoms with E-state index in [1.165, 1.54) is 24.3 Å². The lowest BCUT2D eigenvalue weighted by atomic mass is 10.1. The van der Waals surface area contributed by atoms with E-state index in [1.807, 2.05) is 0 Å². The van der Waals surface area contributed by atoms with E-state index in [2.05, 4.69) is 10.1 Å². The van der Waals surface area contributed by atoms with Crippen LogP contribution in [0.4, 0.5) is 22.0 Å². The van der Waals surface area contributed by atoms with Crippen molar-refractivity contribution in [2.45, 2.75) is 6.54 Å². The number of carbonyl (C=O) groups excluding carboxylic acids is 3. The molecule has 0 saturated carbocycles. The van der Waals surface area contributed by atoms with E-state index >= 15 is 0 Å². The number of Topliss-reactive ketones (excluding diaryl/α,β-unsaturated/α-hetero) is 1. The maximum absolute atomic E-state index is 14.1. The number of ketones is 1. The van der Waals surface area contributed by atoms with Crippen molar-refractivity contribution in [1.29, 1.82) is 0 Å². The topological polar surface area (TPSA) is 77.4 Å². The fourth-order valence-corrected chi connectivity index (χ4v) is 3.29. The number of esters is 1. The zero-order chi connectivity index (χ0) is 23.2. The number of fused-ring (bicyclic) bond motifs is 1. The van der Waals surface area contributed by atoms with Crippen LogP contribution >= 0.6 is 0 Å². The third kappa shape index (κ3) is 3.51. The van der Waals surface area contributed by atoms with Crippen LogP contribution in [0.2, 0.25) is 0 Å². The summed E-state index contributed by atoms with van der Waals surface area (Å²) in [5.74, 6) is -13.3. The Morgan fingerprint density at radius 3 is 2.22 bits per heavy atom. The number of nitrogens with zero attached hydrogens (tertiary/aromatic N) is 1. The molecule has 1 aliphatic heterocycles. The van der Waals surface area contributed by atoms with E-state index < -0.39 is 58.9 Å². The Kier molecular flexibility index (Phi) is 5.25. The Morgan fingerprint density at radius 2 is 1.59 bits per heavy atom. The first-order valence-electron chi connectivity index (χ1n) is 9.00. The van der Waals surface area contributed by atoms with Gasteiger partial charge in [-0.2, -0.15) is 0 Å². The van der Waals surface area contributed by atoms with Crippen molar-refractivity contribution in [1.82, 2.24) is 9.88 Å². The second-order valence-corrected chi connectivity index (χ2v) is 6.80. The van der Waals surface area contributed by atoms with E-state index in [0.29, 0.717) is 0 Å². The van der Waals surface area contributed by atoms with Crippen molar-refractivity contribution in [3.63, 3.8) is 0 Å². The van der Waals surface area contributed by atoms with Crippen molar-refractivity contribution >= 4 is 28.6 Å². The number of ether oxygens (including phenoxy) is 1. The number of hydrogen-bond donors (Lipinski definition) is 1. The fourth-order valence-electron chi connectivity index (χ4n) is 3.29. The Morgan fingerprint density at radius 1 is 0.969 bits per heavy atom. The standard InChI is InChI=1S/C21H11F5N2O4/c22-15-12(16(23)18(25)19(26)17(15)24)7-28-6-11(10-3-1-2-4-13(10)28)20(30)21(31)27-9-5-14(29)32-8-9/h1-6H,7-8H2,(H,27,31). The molecule has 1 aliphatic rings. The summed E-state index contributed by atoms with van der Waals surface area (Å²) in [6.45, 7) is -1.02. The van der Waals surface area contributed by atoms with Crippen LogP contribution in [0.25, 0.3) is 10.9 Å². The van der Waals surface area contributed by atoms with Gasteiger partial charge >= 0.3 is 5.97 Å². The number of carbonyl (C=O) groups is 3. The lowest BCUT2D eigenvalue weighted by Gasteiger charge is -2.10. The lowest BCUT2D eigenvalue weighted by molar-refractivity contribution is -0.135. The molecule has 1 amide bonds. The van der Waals surface area contributed by atoms with Crippen molar-refractivity contribution < 1.29 is 41.1 Å². The molecule has 2 aromatic carbocycles. The average molecular weight is 450 g/mol. The maximum atomic E-state index is 14.1. The highest BCUT2D eigenvalue weighted by Gasteiger charge is 2.28. The van der Waals surface area contributed by atoms with Crippen LogP contribution in [0.15, 0.2) is 42.2 Å². The predicted molar refractivity (Wildman–Crippen MR) is 98.8 cm³/mol. The summed E-state index contributed by atoms with van der Waals surface area (Å²) in [4.78, 5) is 36.1. The van der Waals surface area contributed by atoms with Gasteiger partial charge in [-0.3, -0.25) is 9.59 Å². The van der Waals surface area contributed by atoms with Crippen LogP contribution in [-0.4, -0.2) is 28.8 Å². The third-order valence-electron chi connectivity index (χ3n) is 4.80. The van der Waals surface area contributed by atoms with Gasteiger partial charge in [-0.25, -0.2) is 26.7 Å². The normalized spacial score (nSPS) is 13.3. The molecule has 164 valence electrons. The molecule has 0 bridgehead atoms.